The van der Waals surface area contributed by atoms with Crippen LogP contribution in [0, 0.1) is 6.92 Å². The standard InChI is InChI=1S/C17H23NO/c1-11-7-14-12(9-18-13-5-6-13)10-19-16(14)15(8-11)17(2,3)4/h7-8,10,13,18H,5-6,9H2,1-4H3. The summed E-state index contributed by atoms with van der Waals surface area (Å²) in [6, 6.07) is 5.24. The van der Waals surface area contributed by atoms with Crippen molar-refractivity contribution >= 4 is 11.0 Å². The first-order chi connectivity index (χ1) is 8.95. The maximum Gasteiger partial charge on any atom is 0.137 e. The van der Waals surface area contributed by atoms with E-state index in [0.717, 1.165) is 18.2 Å². The predicted octanol–water partition coefficient (Wildman–Crippen LogP) is 4.29. The molecule has 0 bridgehead atoms. The Kier molecular flexibility index (Phi) is 2.94. The molecule has 102 valence electrons. The summed E-state index contributed by atoms with van der Waals surface area (Å²) in [5.74, 6) is 0. The van der Waals surface area contributed by atoms with Gasteiger partial charge in [-0.1, -0.05) is 26.8 Å². The molecule has 19 heavy (non-hydrogen) atoms. The van der Waals surface area contributed by atoms with Gasteiger partial charge in [-0.2, -0.15) is 0 Å². The average molecular weight is 257 g/mol. The van der Waals surface area contributed by atoms with Crippen molar-refractivity contribution in [1.29, 1.82) is 0 Å². The smallest absolute Gasteiger partial charge is 0.137 e. The van der Waals surface area contributed by atoms with Crippen LogP contribution in [0.1, 0.15) is 50.3 Å². The maximum atomic E-state index is 5.87. The van der Waals surface area contributed by atoms with E-state index in [0.29, 0.717) is 0 Å². The molecule has 2 heteroatoms. The van der Waals surface area contributed by atoms with E-state index >= 15 is 0 Å². The number of furan rings is 1. The third-order valence-electron chi connectivity index (χ3n) is 3.86. The number of fused-ring (bicyclic) bond motifs is 1. The normalized spacial score (nSPS) is 16.2. The Morgan fingerprint density at radius 3 is 2.63 bits per heavy atom. The summed E-state index contributed by atoms with van der Waals surface area (Å²) in [5.41, 5.74) is 5.08. The molecule has 1 saturated carbocycles. The zero-order valence-corrected chi connectivity index (χ0v) is 12.3. The number of rotatable bonds is 3. The van der Waals surface area contributed by atoms with Crippen molar-refractivity contribution in [3.05, 3.63) is 35.1 Å². The van der Waals surface area contributed by atoms with Gasteiger partial charge in [0, 0.05) is 29.1 Å². The summed E-state index contributed by atoms with van der Waals surface area (Å²) in [6.07, 6.45) is 4.57. The predicted molar refractivity (Wildman–Crippen MR) is 79.5 cm³/mol. The lowest BCUT2D eigenvalue weighted by atomic mass is 9.85. The fourth-order valence-electron chi connectivity index (χ4n) is 2.57. The topological polar surface area (TPSA) is 25.2 Å². The lowest BCUT2D eigenvalue weighted by molar-refractivity contribution is 0.555. The fourth-order valence-corrected chi connectivity index (χ4v) is 2.57. The Balaban J connectivity index is 2.03. The van der Waals surface area contributed by atoms with Crippen molar-refractivity contribution in [3.63, 3.8) is 0 Å². The van der Waals surface area contributed by atoms with E-state index < -0.39 is 0 Å². The Morgan fingerprint density at radius 1 is 1.26 bits per heavy atom. The van der Waals surface area contributed by atoms with Gasteiger partial charge in [0.05, 0.1) is 6.26 Å². The second-order valence-corrected chi connectivity index (χ2v) is 6.86. The minimum atomic E-state index is 0.114. The molecule has 1 aromatic carbocycles. The third kappa shape index (κ3) is 2.55. The molecular weight excluding hydrogens is 234 g/mol. The highest BCUT2D eigenvalue weighted by molar-refractivity contribution is 5.85. The van der Waals surface area contributed by atoms with Crippen LogP contribution in [-0.2, 0) is 12.0 Å². The largest absolute Gasteiger partial charge is 0.464 e. The van der Waals surface area contributed by atoms with Gasteiger partial charge >= 0.3 is 0 Å². The molecule has 0 atom stereocenters. The molecule has 0 amide bonds. The van der Waals surface area contributed by atoms with Crippen molar-refractivity contribution in [2.45, 2.75) is 58.5 Å². The van der Waals surface area contributed by atoms with Crippen LogP contribution in [0.15, 0.2) is 22.8 Å². The van der Waals surface area contributed by atoms with Crippen LogP contribution in [0.4, 0.5) is 0 Å². The van der Waals surface area contributed by atoms with Gasteiger partial charge in [0.15, 0.2) is 0 Å². The van der Waals surface area contributed by atoms with Crippen LogP contribution < -0.4 is 5.32 Å². The molecule has 0 unspecified atom stereocenters. The molecule has 0 aliphatic heterocycles. The maximum absolute atomic E-state index is 5.87. The summed E-state index contributed by atoms with van der Waals surface area (Å²) >= 11 is 0. The summed E-state index contributed by atoms with van der Waals surface area (Å²) in [4.78, 5) is 0. The highest BCUT2D eigenvalue weighted by Crippen LogP contribution is 2.34. The summed E-state index contributed by atoms with van der Waals surface area (Å²) in [7, 11) is 0. The zero-order valence-electron chi connectivity index (χ0n) is 12.3. The molecule has 1 fully saturated rings. The van der Waals surface area contributed by atoms with Gasteiger partial charge in [-0.15, -0.1) is 0 Å². The lowest BCUT2D eigenvalue weighted by Gasteiger charge is -2.20. The highest BCUT2D eigenvalue weighted by Gasteiger charge is 2.23. The monoisotopic (exact) mass is 257 g/mol. The van der Waals surface area contributed by atoms with E-state index in [-0.39, 0.29) is 5.41 Å². The molecule has 2 aromatic rings. The SMILES string of the molecule is Cc1cc(C(C)(C)C)c2occ(CNC3CC3)c2c1. The quantitative estimate of drug-likeness (QED) is 0.887. The molecule has 0 saturated heterocycles. The minimum absolute atomic E-state index is 0.114. The van der Waals surface area contributed by atoms with E-state index in [2.05, 4.69) is 45.1 Å². The first-order valence-electron chi connectivity index (χ1n) is 7.20. The Bertz CT molecular complexity index is 599. The average Bonchev–Trinajstić information content (AvgIpc) is 3.06. The van der Waals surface area contributed by atoms with Gasteiger partial charge in [0.1, 0.15) is 5.58 Å². The molecule has 1 aliphatic rings. The van der Waals surface area contributed by atoms with Crippen LogP contribution in [0.3, 0.4) is 0 Å². The van der Waals surface area contributed by atoms with Crippen LogP contribution in [0.25, 0.3) is 11.0 Å². The number of hydrogen-bond acceptors (Lipinski definition) is 2. The van der Waals surface area contributed by atoms with Crippen LogP contribution in [0.2, 0.25) is 0 Å². The van der Waals surface area contributed by atoms with E-state index in [4.69, 9.17) is 4.42 Å². The summed E-state index contributed by atoms with van der Waals surface area (Å²) < 4.78 is 5.87. The zero-order chi connectivity index (χ0) is 13.6. The van der Waals surface area contributed by atoms with Crippen molar-refractivity contribution < 1.29 is 4.42 Å². The van der Waals surface area contributed by atoms with Crippen molar-refractivity contribution in [3.8, 4) is 0 Å². The summed E-state index contributed by atoms with van der Waals surface area (Å²) in [6.45, 7) is 9.81. The van der Waals surface area contributed by atoms with Crippen molar-refractivity contribution in [1.82, 2.24) is 5.32 Å². The molecule has 3 rings (SSSR count). The number of nitrogens with one attached hydrogen (secondary N) is 1. The molecule has 1 aliphatic carbocycles. The van der Waals surface area contributed by atoms with E-state index in [1.807, 2.05) is 6.26 Å². The molecule has 1 aromatic heterocycles. The highest BCUT2D eigenvalue weighted by atomic mass is 16.3. The van der Waals surface area contributed by atoms with Crippen LogP contribution >= 0.6 is 0 Å². The second-order valence-electron chi connectivity index (χ2n) is 6.86. The van der Waals surface area contributed by atoms with Crippen LogP contribution in [-0.4, -0.2) is 6.04 Å². The van der Waals surface area contributed by atoms with Gasteiger partial charge < -0.3 is 9.73 Å². The molecule has 0 radical (unpaired) electrons. The minimum Gasteiger partial charge on any atom is -0.464 e. The Hall–Kier alpha value is -1.28. The summed E-state index contributed by atoms with van der Waals surface area (Å²) in [5, 5.41) is 4.84. The first-order valence-corrected chi connectivity index (χ1v) is 7.20. The molecule has 1 heterocycles. The number of aryl methyl sites for hydroxylation is 1. The van der Waals surface area contributed by atoms with Gasteiger partial charge in [-0.3, -0.25) is 0 Å². The number of benzene rings is 1. The third-order valence-corrected chi connectivity index (χ3v) is 3.86. The molecule has 1 N–H and O–H groups in total. The first kappa shape index (κ1) is 12.7. The molecule has 2 nitrogen and oxygen atoms in total. The molecule has 0 spiro atoms. The van der Waals surface area contributed by atoms with E-state index in [1.54, 1.807) is 0 Å². The van der Waals surface area contributed by atoms with E-state index in [9.17, 15) is 0 Å². The lowest BCUT2D eigenvalue weighted by Crippen LogP contribution is -2.15. The van der Waals surface area contributed by atoms with Gasteiger partial charge in [0.2, 0.25) is 0 Å². The van der Waals surface area contributed by atoms with Crippen molar-refractivity contribution in [2.75, 3.05) is 0 Å². The van der Waals surface area contributed by atoms with Gasteiger partial charge in [-0.05, 0) is 36.8 Å². The second kappa shape index (κ2) is 4.38. The molecular formula is C17H23NO. The van der Waals surface area contributed by atoms with Gasteiger partial charge in [0.25, 0.3) is 0 Å². The number of hydrogen-bond donors (Lipinski definition) is 1. The van der Waals surface area contributed by atoms with Crippen molar-refractivity contribution in [2.24, 2.45) is 0 Å². The van der Waals surface area contributed by atoms with E-state index in [1.165, 1.54) is 34.9 Å². The van der Waals surface area contributed by atoms with Crippen LogP contribution in [0.5, 0.6) is 0 Å². The fraction of sp³-hybridized carbons (Fsp3) is 0.529. The Labute approximate surface area is 115 Å². The Morgan fingerprint density at radius 2 is 2.00 bits per heavy atom. The van der Waals surface area contributed by atoms with Gasteiger partial charge in [-0.25, -0.2) is 0 Å².